The van der Waals surface area contributed by atoms with Gasteiger partial charge in [-0.15, -0.1) is 0 Å². The third kappa shape index (κ3) is 6.87. The van der Waals surface area contributed by atoms with Gasteiger partial charge in [0.25, 0.3) is 0 Å². The first-order chi connectivity index (χ1) is 26.3. The van der Waals surface area contributed by atoms with Crippen molar-refractivity contribution in [3.63, 3.8) is 0 Å². The van der Waals surface area contributed by atoms with Crippen LogP contribution in [0.25, 0.3) is 39.0 Å². The fraction of sp³-hybridized carbons (Fsp3) is 0.524. The second kappa shape index (κ2) is 14.1. The van der Waals surface area contributed by atoms with E-state index in [2.05, 4.69) is 28.3 Å². The van der Waals surface area contributed by atoms with Crippen LogP contribution in [-0.2, 0) is 15.1 Å². The number of fused-ring (bicyclic) bond motifs is 2. The van der Waals surface area contributed by atoms with Crippen LogP contribution in [-0.4, -0.2) is 81.5 Å². The number of aryl methyl sites for hydroxylation is 1. The zero-order valence-corrected chi connectivity index (χ0v) is 31.4. The Morgan fingerprint density at radius 1 is 1.04 bits per heavy atom. The molecule has 2 aromatic heterocycles. The van der Waals surface area contributed by atoms with Crippen molar-refractivity contribution in [3.8, 4) is 16.9 Å². The van der Waals surface area contributed by atoms with Gasteiger partial charge in [-0.3, -0.25) is 9.89 Å². The third-order valence-electron chi connectivity index (χ3n) is 13.0. The average Bonchev–Trinajstić information content (AvgIpc) is 3.65. The summed E-state index contributed by atoms with van der Waals surface area (Å²) in [6.07, 6.45) is 7.39. The number of alkyl halides is 3. The number of H-pyrrole nitrogens is 1. The molecule has 8 rings (SSSR count). The van der Waals surface area contributed by atoms with E-state index in [-0.39, 0.29) is 22.9 Å². The molecule has 0 atom stereocenters. The minimum atomic E-state index is -4.61. The summed E-state index contributed by atoms with van der Waals surface area (Å²) in [7, 11) is 0. The fourth-order valence-electron chi connectivity index (χ4n) is 10.1. The van der Waals surface area contributed by atoms with E-state index in [1.807, 2.05) is 25.1 Å². The van der Waals surface area contributed by atoms with Crippen LogP contribution in [0.2, 0.25) is 0 Å². The predicted molar refractivity (Wildman–Crippen MR) is 207 cm³/mol. The molecular weight excluding hydrogens is 708 g/mol. The molecular formula is C42H50F3N7O3. The number of piperidine rings is 1. The van der Waals surface area contributed by atoms with Crippen LogP contribution in [0.5, 0.6) is 5.75 Å². The Morgan fingerprint density at radius 3 is 2.40 bits per heavy atom. The second-order valence-electron chi connectivity index (χ2n) is 16.6. The number of benzene rings is 2. The molecule has 5 N–H and O–H groups in total. The van der Waals surface area contributed by atoms with Crippen molar-refractivity contribution in [2.24, 2.45) is 16.9 Å². The summed E-state index contributed by atoms with van der Waals surface area (Å²) in [5.74, 6) is 0.436. The number of ether oxygens (including phenoxy) is 2. The highest BCUT2D eigenvalue weighted by Gasteiger charge is 2.58. The lowest BCUT2D eigenvalue weighted by Crippen LogP contribution is -2.64. The van der Waals surface area contributed by atoms with E-state index in [1.54, 1.807) is 12.3 Å². The van der Waals surface area contributed by atoms with Crippen molar-refractivity contribution in [2.45, 2.75) is 100 Å². The summed E-state index contributed by atoms with van der Waals surface area (Å²) in [6, 6.07) is 6.20. The molecule has 0 unspecified atom stereocenters. The van der Waals surface area contributed by atoms with E-state index in [9.17, 15) is 18.0 Å². The molecule has 4 heterocycles. The first-order valence-electron chi connectivity index (χ1n) is 19.5. The number of nitrogens with two attached hydrogens (primary N) is 2. The quantitative estimate of drug-likeness (QED) is 0.149. The average molecular weight is 758 g/mol. The Labute approximate surface area is 318 Å². The van der Waals surface area contributed by atoms with Gasteiger partial charge < -0.3 is 25.8 Å². The fourth-order valence-corrected chi connectivity index (χ4v) is 10.1. The monoisotopic (exact) mass is 757 g/mol. The highest BCUT2D eigenvalue weighted by atomic mass is 19.4. The van der Waals surface area contributed by atoms with Crippen LogP contribution >= 0.6 is 0 Å². The van der Waals surface area contributed by atoms with Crippen molar-refractivity contribution in [1.82, 2.24) is 25.1 Å². The Morgan fingerprint density at radius 2 is 1.75 bits per heavy atom. The number of aromatic amines is 1. The van der Waals surface area contributed by atoms with Gasteiger partial charge >= 0.3 is 6.18 Å². The van der Waals surface area contributed by atoms with Gasteiger partial charge in [-0.1, -0.05) is 25.3 Å². The Balaban J connectivity index is 1.27. The summed E-state index contributed by atoms with van der Waals surface area (Å²) in [5.41, 5.74) is 16.2. The van der Waals surface area contributed by atoms with Gasteiger partial charge in [0.15, 0.2) is 18.1 Å². The molecule has 2 aromatic carbocycles. The summed E-state index contributed by atoms with van der Waals surface area (Å²) >= 11 is 0. The van der Waals surface area contributed by atoms with E-state index in [4.69, 9.17) is 30.9 Å². The van der Waals surface area contributed by atoms with E-state index in [1.165, 1.54) is 6.08 Å². The van der Waals surface area contributed by atoms with Crippen molar-refractivity contribution < 1.29 is 27.4 Å². The van der Waals surface area contributed by atoms with Gasteiger partial charge in [-0.05, 0) is 125 Å². The third-order valence-corrected chi connectivity index (χ3v) is 13.0. The number of ketones is 1. The Hall–Kier alpha value is -4.17. The molecule has 0 radical (unpaired) electrons. The number of aromatic nitrogens is 4. The van der Waals surface area contributed by atoms with Crippen molar-refractivity contribution in [2.75, 3.05) is 32.9 Å². The Bertz CT molecular complexity index is 2130. The van der Waals surface area contributed by atoms with Gasteiger partial charge in [0.05, 0.1) is 28.5 Å². The molecule has 292 valence electrons. The number of nitrogens with one attached hydrogen (secondary N) is 1. The number of carbonyl (C=O) groups is 1. The minimum absolute atomic E-state index is 0.0239. The molecule has 2 saturated heterocycles. The molecule has 0 amide bonds. The van der Waals surface area contributed by atoms with Crippen LogP contribution in [0.3, 0.4) is 0 Å². The maximum absolute atomic E-state index is 14.1. The molecule has 2 saturated carbocycles. The molecule has 2 aliphatic heterocycles. The summed E-state index contributed by atoms with van der Waals surface area (Å²) in [4.78, 5) is 25.6. The van der Waals surface area contributed by atoms with Crippen molar-refractivity contribution in [3.05, 3.63) is 66.3 Å². The number of likely N-dealkylation sites (tertiary alicyclic amines) is 1. The molecule has 4 fully saturated rings. The highest BCUT2D eigenvalue weighted by molar-refractivity contribution is 6.05. The molecule has 55 heavy (non-hydrogen) atoms. The summed E-state index contributed by atoms with van der Waals surface area (Å²) in [6.45, 7) is 11.4. The number of hydrogen-bond acceptors (Lipinski definition) is 9. The maximum Gasteiger partial charge on any atom is 0.422 e. The van der Waals surface area contributed by atoms with Gasteiger partial charge in [-0.25, -0.2) is 9.97 Å². The topological polar surface area (TPSA) is 145 Å². The largest absolute Gasteiger partial charge is 0.481 e. The number of nitrogens with zero attached hydrogens (tertiary/aromatic N) is 4. The minimum Gasteiger partial charge on any atom is -0.481 e. The smallest absolute Gasteiger partial charge is 0.422 e. The lowest BCUT2D eigenvalue weighted by molar-refractivity contribution is -0.153. The number of rotatable bonds is 9. The zero-order valence-electron chi connectivity index (χ0n) is 31.4. The lowest BCUT2D eigenvalue weighted by Gasteiger charge is -2.57. The van der Waals surface area contributed by atoms with E-state index in [0.29, 0.717) is 70.8 Å². The van der Waals surface area contributed by atoms with Crippen LogP contribution in [0, 0.1) is 12.3 Å². The Kier molecular flexibility index (Phi) is 9.67. The number of halogens is 3. The normalized spacial score (nSPS) is 27.0. The van der Waals surface area contributed by atoms with E-state index in [0.717, 1.165) is 81.3 Å². The van der Waals surface area contributed by atoms with Crippen molar-refractivity contribution >= 4 is 33.7 Å². The van der Waals surface area contributed by atoms with Crippen LogP contribution in [0.4, 0.5) is 13.2 Å². The molecule has 13 heteroatoms. The van der Waals surface area contributed by atoms with Crippen LogP contribution < -0.4 is 16.2 Å². The SMILES string of the molecule is C=CC(=O)C1(N)CC2(CCC(N)(c3nc(C4CCN(C5CCOCC5)CC4)nc4c(OCC(F)(F)F)c(-c5c(C)ccc6[nH]ncc56)c(C=C)cc34)CC2)C1. The molecule has 2 aliphatic carbocycles. The van der Waals surface area contributed by atoms with Crippen molar-refractivity contribution in [1.29, 1.82) is 0 Å². The zero-order chi connectivity index (χ0) is 38.8. The number of carbonyl (C=O) groups excluding carboxylic acids is 1. The van der Waals surface area contributed by atoms with Gasteiger partial charge in [0.1, 0.15) is 11.3 Å². The summed E-state index contributed by atoms with van der Waals surface area (Å²) < 4.78 is 53.9. The lowest BCUT2D eigenvalue weighted by atomic mass is 9.49. The first-order valence-corrected chi connectivity index (χ1v) is 19.5. The van der Waals surface area contributed by atoms with Gasteiger partial charge in [0, 0.05) is 41.5 Å². The molecule has 10 nitrogen and oxygen atoms in total. The van der Waals surface area contributed by atoms with Gasteiger partial charge in [-0.2, -0.15) is 18.3 Å². The van der Waals surface area contributed by atoms with Gasteiger partial charge in [0.2, 0.25) is 0 Å². The summed E-state index contributed by atoms with van der Waals surface area (Å²) in [5, 5.41) is 8.54. The first kappa shape index (κ1) is 37.7. The highest BCUT2D eigenvalue weighted by Crippen LogP contribution is 2.59. The van der Waals surface area contributed by atoms with E-state index < -0.39 is 23.9 Å². The molecule has 4 aliphatic rings. The maximum atomic E-state index is 14.1. The van der Waals surface area contributed by atoms with Crippen LogP contribution in [0.1, 0.15) is 92.8 Å². The standard InChI is InChI=1S/C42H50F3N7O3/c1-4-26-20-29-35(36(55-24-42(43,44)45)34(26)33-25(3)6-7-31-30(33)21-48-51-31)49-38(27-8-16-52(17-9-27)28-10-18-54-19-11-28)50-37(29)40(46)14-12-39(13-15-40)22-41(47,23-39)32(53)5-2/h4-7,20-21,27-28H,1-2,8-19,22-24,46-47H2,3H3,(H,48,51). The molecule has 1 spiro atoms. The predicted octanol–water partition coefficient (Wildman–Crippen LogP) is 7.38. The van der Waals surface area contributed by atoms with E-state index >= 15 is 0 Å². The van der Waals surface area contributed by atoms with Crippen LogP contribution in [0.15, 0.2) is 43.6 Å². The second-order valence-corrected chi connectivity index (χ2v) is 16.6. The number of hydrogen-bond donors (Lipinski definition) is 3. The molecule has 0 bridgehead atoms. The molecule has 4 aromatic rings.